The van der Waals surface area contributed by atoms with Crippen LogP contribution >= 0.6 is 0 Å². The first-order valence-electron chi connectivity index (χ1n) is 9.23. The van der Waals surface area contributed by atoms with Gasteiger partial charge in [-0.15, -0.1) is 0 Å². The number of ether oxygens (including phenoxy) is 2. The average molecular weight is 393 g/mol. The van der Waals surface area contributed by atoms with Gasteiger partial charge < -0.3 is 19.3 Å². The highest BCUT2D eigenvalue weighted by molar-refractivity contribution is 5.95. The van der Waals surface area contributed by atoms with Crippen LogP contribution < -0.4 is 4.90 Å². The van der Waals surface area contributed by atoms with Crippen molar-refractivity contribution in [2.45, 2.75) is 46.3 Å². The van der Waals surface area contributed by atoms with Gasteiger partial charge in [-0.05, 0) is 46.8 Å². The molecule has 0 aliphatic carbocycles. The van der Waals surface area contributed by atoms with Crippen LogP contribution in [0.5, 0.6) is 0 Å². The fourth-order valence-corrected chi connectivity index (χ4v) is 3.07. The molecule has 1 atom stereocenters. The van der Waals surface area contributed by atoms with Gasteiger partial charge in [-0.25, -0.2) is 9.59 Å². The molecule has 1 saturated heterocycles. The lowest BCUT2D eigenvalue weighted by Crippen LogP contribution is -2.54. The van der Waals surface area contributed by atoms with E-state index in [2.05, 4.69) is 0 Å². The normalized spacial score (nSPS) is 17.2. The van der Waals surface area contributed by atoms with Gasteiger partial charge in [0.1, 0.15) is 11.2 Å². The quantitative estimate of drug-likeness (QED) is 0.440. The summed E-state index contributed by atoms with van der Waals surface area (Å²) in [5.41, 5.74) is -0.261. The maximum atomic E-state index is 12.3. The first-order chi connectivity index (χ1) is 13.0. The van der Waals surface area contributed by atoms with Crippen LogP contribution in [0.25, 0.3) is 0 Å². The Bertz CT molecular complexity index is 759. The molecule has 1 fully saturated rings. The number of nitro groups is 1. The molecule has 154 valence electrons. The molecule has 1 aromatic carbocycles. The number of benzene rings is 1. The highest BCUT2D eigenvalue weighted by Crippen LogP contribution is 2.28. The van der Waals surface area contributed by atoms with Crippen molar-refractivity contribution in [3.63, 3.8) is 0 Å². The van der Waals surface area contributed by atoms with E-state index in [1.807, 2.05) is 32.6 Å². The van der Waals surface area contributed by atoms with Gasteiger partial charge in [0.25, 0.3) is 5.69 Å². The lowest BCUT2D eigenvalue weighted by Gasteiger charge is -2.41. The molecule has 28 heavy (non-hydrogen) atoms. The lowest BCUT2D eigenvalue weighted by molar-refractivity contribution is -0.385. The van der Waals surface area contributed by atoms with Crippen molar-refractivity contribution >= 4 is 23.4 Å². The summed E-state index contributed by atoms with van der Waals surface area (Å²) >= 11 is 0. The minimum absolute atomic E-state index is 0.0576. The van der Waals surface area contributed by atoms with E-state index < -0.39 is 16.5 Å². The predicted octanol–water partition coefficient (Wildman–Crippen LogP) is 3.22. The van der Waals surface area contributed by atoms with Crippen LogP contribution in [0.2, 0.25) is 0 Å². The maximum absolute atomic E-state index is 12.3. The first-order valence-corrected chi connectivity index (χ1v) is 9.23. The third-order valence-electron chi connectivity index (χ3n) is 4.28. The number of rotatable bonds is 4. The summed E-state index contributed by atoms with van der Waals surface area (Å²) in [6.07, 6.45) is -0.366. The van der Waals surface area contributed by atoms with Crippen molar-refractivity contribution in [2.75, 3.05) is 31.1 Å². The number of anilines is 1. The smallest absolute Gasteiger partial charge is 0.410 e. The zero-order valence-electron chi connectivity index (χ0n) is 16.9. The maximum Gasteiger partial charge on any atom is 0.410 e. The Balaban J connectivity index is 2.20. The largest absolute Gasteiger partial charge is 0.462 e. The number of carbonyl (C=O) groups excluding carboxylic acids is 2. The molecular formula is C19H27N3O6. The molecule has 0 bridgehead atoms. The monoisotopic (exact) mass is 393 g/mol. The second kappa shape index (κ2) is 8.45. The summed E-state index contributed by atoms with van der Waals surface area (Å²) in [5, 5.41) is 11.2. The van der Waals surface area contributed by atoms with Crippen LogP contribution in [0.1, 0.15) is 45.0 Å². The third-order valence-corrected chi connectivity index (χ3v) is 4.28. The fourth-order valence-electron chi connectivity index (χ4n) is 3.07. The predicted molar refractivity (Wildman–Crippen MR) is 104 cm³/mol. The molecule has 2 rings (SSSR count). The van der Waals surface area contributed by atoms with E-state index in [0.717, 1.165) is 0 Å². The van der Waals surface area contributed by atoms with E-state index >= 15 is 0 Å². The summed E-state index contributed by atoms with van der Waals surface area (Å²) in [6.45, 7) is 10.6. The Morgan fingerprint density at radius 2 is 1.96 bits per heavy atom. The third kappa shape index (κ3) is 5.11. The lowest BCUT2D eigenvalue weighted by atomic mass is 10.1. The molecule has 9 nitrogen and oxygen atoms in total. The standard InChI is InChI=1S/C19H27N3O6/c1-6-27-17(23)15-11-14(7-8-16(15)22(25)26)21-10-9-20(12-13(21)2)18(24)28-19(3,4)5/h7-8,11,13H,6,9-10,12H2,1-5H3. The zero-order chi connectivity index (χ0) is 21.1. The number of nitro benzene ring substituents is 1. The van der Waals surface area contributed by atoms with Gasteiger partial charge in [0.05, 0.1) is 11.5 Å². The molecule has 0 spiro atoms. The minimum Gasteiger partial charge on any atom is -0.462 e. The summed E-state index contributed by atoms with van der Waals surface area (Å²) < 4.78 is 10.4. The van der Waals surface area contributed by atoms with Gasteiger partial charge in [-0.2, -0.15) is 0 Å². The second-order valence-electron chi connectivity index (χ2n) is 7.65. The number of hydrogen-bond acceptors (Lipinski definition) is 7. The summed E-state index contributed by atoms with van der Waals surface area (Å²) in [4.78, 5) is 38.7. The number of hydrogen-bond donors (Lipinski definition) is 0. The van der Waals surface area contributed by atoms with E-state index in [1.54, 1.807) is 17.9 Å². The van der Waals surface area contributed by atoms with Crippen molar-refractivity contribution in [2.24, 2.45) is 0 Å². The molecule has 1 aliphatic rings. The summed E-state index contributed by atoms with van der Waals surface area (Å²) in [6, 6.07) is 4.35. The number of esters is 1. The SMILES string of the molecule is CCOC(=O)c1cc(N2CCN(C(=O)OC(C)(C)C)CC2C)ccc1[N+](=O)[O-]. The van der Waals surface area contributed by atoms with E-state index in [-0.39, 0.29) is 30.0 Å². The van der Waals surface area contributed by atoms with E-state index in [1.165, 1.54) is 12.1 Å². The van der Waals surface area contributed by atoms with Gasteiger partial charge in [-0.3, -0.25) is 10.1 Å². The Labute approximate surface area is 164 Å². The Morgan fingerprint density at radius 3 is 2.50 bits per heavy atom. The van der Waals surface area contributed by atoms with Crippen LogP contribution in [-0.2, 0) is 9.47 Å². The molecule has 9 heteroatoms. The van der Waals surface area contributed by atoms with E-state index in [4.69, 9.17) is 9.47 Å². The molecule has 1 unspecified atom stereocenters. The minimum atomic E-state index is -0.726. The molecule has 1 heterocycles. The number of amides is 1. The van der Waals surface area contributed by atoms with Gasteiger partial charge in [-0.1, -0.05) is 0 Å². The molecule has 0 aromatic heterocycles. The molecule has 0 saturated carbocycles. The van der Waals surface area contributed by atoms with Crippen LogP contribution in [-0.4, -0.2) is 59.8 Å². The van der Waals surface area contributed by atoms with Crippen molar-refractivity contribution in [3.05, 3.63) is 33.9 Å². The van der Waals surface area contributed by atoms with Crippen LogP contribution in [0, 0.1) is 10.1 Å². The van der Waals surface area contributed by atoms with Crippen molar-refractivity contribution in [1.29, 1.82) is 0 Å². The fraction of sp³-hybridized carbons (Fsp3) is 0.579. The average Bonchev–Trinajstić information content (AvgIpc) is 2.59. The van der Waals surface area contributed by atoms with Crippen molar-refractivity contribution in [1.82, 2.24) is 4.90 Å². The molecular weight excluding hydrogens is 366 g/mol. The molecule has 1 aromatic rings. The highest BCUT2D eigenvalue weighted by Gasteiger charge is 2.31. The van der Waals surface area contributed by atoms with Crippen LogP contribution in [0.4, 0.5) is 16.2 Å². The van der Waals surface area contributed by atoms with Crippen LogP contribution in [0.15, 0.2) is 18.2 Å². The Kier molecular flexibility index (Phi) is 6.48. The molecule has 0 radical (unpaired) electrons. The number of piperazine rings is 1. The summed E-state index contributed by atoms with van der Waals surface area (Å²) in [7, 11) is 0. The topological polar surface area (TPSA) is 102 Å². The van der Waals surface area contributed by atoms with E-state index in [9.17, 15) is 19.7 Å². The molecule has 1 amide bonds. The van der Waals surface area contributed by atoms with Gasteiger partial charge in [0, 0.05) is 37.4 Å². The Morgan fingerprint density at radius 1 is 1.29 bits per heavy atom. The Hall–Kier alpha value is -2.84. The zero-order valence-corrected chi connectivity index (χ0v) is 16.9. The van der Waals surface area contributed by atoms with Crippen molar-refractivity contribution in [3.8, 4) is 0 Å². The van der Waals surface area contributed by atoms with E-state index in [0.29, 0.717) is 25.3 Å². The van der Waals surface area contributed by atoms with Crippen molar-refractivity contribution < 1.29 is 24.0 Å². The van der Waals surface area contributed by atoms with Gasteiger partial charge in [0.2, 0.25) is 0 Å². The summed E-state index contributed by atoms with van der Waals surface area (Å²) in [5.74, 6) is -0.726. The number of nitrogens with zero attached hydrogens (tertiary/aromatic N) is 3. The first kappa shape index (κ1) is 21.5. The van der Waals surface area contributed by atoms with Gasteiger partial charge in [0.15, 0.2) is 0 Å². The highest BCUT2D eigenvalue weighted by atomic mass is 16.6. The molecule has 1 aliphatic heterocycles. The van der Waals surface area contributed by atoms with Gasteiger partial charge >= 0.3 is 12.1 Å². The molecule has 0 N–H and O–H groups in total. The number of carbonyl (C=O) groups is 2. The second-order valence-corrected chi connectivity index (χ2v) is 7.65. The van der Waals surface area contributed by atoms with Crippen LogP contribution in [0.3, 0.4) is 0 Å².